The monoisotopic (exact) mass is 383 g/mol. The summed E-state index contributed by atoms with van der Waals surface area (Å²) < 4.78 is 1.99. The molecular formula is C18H10BrNO2S. The molecule has 0 aliphatic carbocycles. The first-order chi connectivity index (χ1) is 11.1. The normalized spacial score (nSPS) is 11.2. The molecule has 0 bridgehead atoms. The molecule has 4 aromatic rings. The zero-order valence-corrected chi connectivity index (χ0v) is 14.2. The fourth-order valence-electron chi connectivity index (χ4n) is 2.76. The molecule has 5 heteroatoms. The van der Waals surface area contributed by atoms with E-state index in [0.717, 1.165) is 36.5 Å². The molecule has 23 heavy (non-hydrogen) atoms. The van der Waals surface area contributed by atoms with Crippen LogP contribution in [-0.4, -0.2) is 16.1 Å². The summed E-state index contributed by atoms with van der Waals surface area (Å²) in [4.78, 5) is 15.9. The molecule has 0 aliphatic rings. The summed E-state index contributed by atoms with van der Waals surface area (Å²) in [6.07, 6.45) is 3.52. The Morgan fingerprint density at radius 2 is 1.83 bits per heavy atom. The van der Waals surface area contributed by atoms with Gasteiger partial charge in [0.05, 0.1) is 0 Å². The van der Waals surface area contributed by atoms with Crippen molar-refractivity contribution >= 4 is 54.1 Å². The summed E-state index contributed by atoms with van der Waals surface area (Å²) >= 11 is 4.87. The number of aromatic carboxylic acids is 1. The van der Waals surface area contributed by atoms with E-state index in [1.807, 2.05) is 24.3 Å². The molecule has 0 fully saturated rings. The van der Waals surface area contributed by atoms with Gasteiger partial charge in [0.15, 0.2) is 0 Å². The van der Waals surface area contributed by atoms with E-state index in [-0.39, 0.29) is 0 Å². The minimum Gasteiger partial charge on any atom is -0.477 e. The summed E-state index contributed by atoms with van der Waals surface area (Å²) in [7, 11) is 0. The van der Waals surface area contributed by atoms with Crippen LogP contribution in [0.3, 0.4) is 0 Å². The Morgan fingerprint density at radius 3 is 2.61 bits per heavy atom. The molecule has 0 spiro atoms. The van der Waals surface area contributed by atoms with Crippen molar-refractivity contribution in [1.29, 1.82) is 0 Å². The van der Waals surface area contributed by atoms with Crippen LogP contribution >= 0.6 is 27.3 Å². The van der Waals surface area contributed by atoms with Crippen LogP contribution in [0.15, 0.2) is 59.3 Å². The fraction of sp³-hybridized carbons (Fsp3) is 0. The Bertz CT molecular complexity index is 1070. The van der Waals surface area contributed by atoms with Crippen molar-refractivity contribution in [2.75, 3.05) is 0 Å². The highest BCUT2D eigenvalue weighted by atomic mass is 79.9. The third-order valence-corrected chi connectivity index (χ3v) is 5.66. The first-order valence-corrected chi connectivity index (χ1v) is 8.54. The molecule has 3 nitrogen and oxygen atoms in total. The highest BCUT2D eigenvalue weighted by Gasteiger charge is 2.14. The van der Waals surface area contributed by atoms with Crippen molar-refractivity contribution in [2.45, 2.75) is 0 Å². The number of hydrogen-bond acceptors (Lipinski definition) is 3. The van der Waals surface area contributed by atoms with E-state index in [1.54, 1.807) is 18.5 Å². The average molecular weight is 384 g/mol. The minimum absolute atomic E-state index is 0.329. The molecule has 4 rings (SSSR count). The zero-order valence-electron chi connectivity index (χ0n) is 11.8. The van der Waals surface area contributed by atoms with E-state index < -0.39 is 5.97 Å². The molecule has 0 saturated carbocycles. The van der Waals surface area contributed by atoms with Crippen LogP contribution in [0.25, 0.3) is 32.0 Å². The second-order valence-corrected chi connectivity index (χ2v) is 7.07. The van der Waals surface area contributed by atoms with Crippen LogP contribution in [0.4, 0.5) is 0 Å². The second kappa shape index (κ2) is 5.44. The first-order valence-electron chi connectivity index (χ1n) is 6.93. The molecule has 2 aromatic heterocycles. The van der Waals surface area contributed by atoms with Crippen molar-refractivity contribution in [3.05, 3.63) is 64.2 Å². The zero-order chi connectivity index (χ0) is 16.0. The summed E-state index contributed by atoms with van der Waals surface area (Å²) in [6, 6.07) is 13.9. The molecular weight excluding hydrogens is 374 g/mol. The summed E-state index contributed by atoms with van der Waals surface area (Å²) in [6.45, 7) is 0. The number of pyridine rings is 1. The molecule has 0 amide bonds. The fourth-order valence-corrected chi connectivity index (χ4v) is 4.23. The quantitative estimate of drug-likeness (QED) is 0.491. The lowest BCUT2D eigenvalue weighted by molar-refractivity contribution is 0.0702. The standard InChI is InChI=1S/C18H10BrNO2S/c19-15-6-5-12(11-3-1-2-4-13(11)15)14-9-20-8-10-7-16(18(21)22)23-17(10)14/h1-9H,(H,21,22). The van der Waals surface area contributed by atoms with Crippen LogP contribution in [0, 0.1) is 0 Å². The molecule has 0 aliphatic heterocycles. The Hall–Kier alpha value is -2.24. The minimum atomic E-state index is -0.905. The number of benzene rings is 2. The van der Waals surface area contributed by atoms with Gasteiger partial charge in [0.1, 0.15) is 4.88 Å². The number of thiophene rings is 1. The Labute approximate surface area is 144 Å². The van der Waals surface area contributed by atoms with Crippen LogP contribution in [0.2, 0.25) is 0 Å². The van der Waals surface area contributed by atoms with Crippen molar-refractivity contribution in [3.63, 3.8) is 0 Å². The van der Waals surface area contributed by atoms with Gasteiger partial charge in [0.25, 0.3) is 0 Å². The van der Waals surface area contributed by atoms with E-state index in [1.165, 1.54) is 11.3 Å². The van der Waals surface area contributed by atoms with Crippen molar-refractivity contribution in [2.24, 2.45) is 0 Å². The molecule has 0 atom stereocenters. The number of carboxylic acid groups (broad SMARTS) is 1. The molecule has 2 heterocycles. The lowest BCUT2D eigenvalue weighted by Gasteiger charge is -2.09. The molecule has 112 valence electrons. The van der Waals surface area contributed by atoms with Gasteiger partial charge in [0.2, 0.25) is 0 Å². The van der Waals surface area contributed by atoms with Gasteiger partial charge in [-0.15, -0.1) is 11.3 Å². The van der Waals surface area contributed by atoms with E-state index in [0.29, 0.717) is 4.88 Å². The number of nitrogens with zero attached hydrogens (tertiary/aromatic N) is 1. The van der Waals surface area contributed by atoms with Crippen LogP contribution in [0.5, 0.6) is 0 Å². The molecule has 0 radical (unpaired) electrons. The second-order valence-electron chi connectivity index (χ2n) is 5.16. The van der Waals surface area contributed by atoms with Crippen molar-refractivity contribution < 1.29 is 9.90 Å². The van der Waals surface area contributed by atoms with E-state index >= 15 is 0 Å². The average Bonchev–Trinajstić information content (AvgIpc) is 3.00. The van der Waals surface area contributed by atoms with Gasteiger partial charge in [-0.1, -0.05) is 46.3 Å². The maximum absolute atomic E-state index is 11.3. The lowest BCUT2D eigenvalue weighted by Crippen LogP contribution is -1.89. The van der Waals surface area contributed by atoms with Gasteiger partial charge in [-0.05, 0) is 28.5 Å². The summed E-state index contributed by atoms with van der Waals surface area (Å²) in [5.41, 5.74) is 2.02. The maximum Gasteiger partial charge on any atom is 0.345 e. The van der Waals surface area contributed by atoms with Crippen LogP contribution < -0.4 is 0 Å². The predicted molar refractivity (Wildman–Crippen MR) is 97.2 cm³/mol. The van der Waals surface area contributed by atoms with Crippen LogP contribution in [-0.2, 0) is 0 Å². The van der Waals surface area contributed by atoms with Gasteiger partial charge in [-0.2, -0.15) is 0 Å². The number of aromatic nitrogens is 1. The number of fused-ring (bicyclic) bond motifs is 2. The molecule has 0 saturated heterocycles. The van der Waals surface area contributed by atoms with Crippen molar-refractivity contribution in [3.8, 4) is 11.1 Å². The van der Waals surface area contributed by atoms with Gasteiger partial charge >= 0.3 is 5.97 Å². The third-order valence-electron chi connectivity index (χ3n) is 3.79. The third kappa shape index (κ3) is 2.33. The largest absolute Gasteiger partial charge is 0.477 e. The summed E-state index contributed by atoms with van der Waals surface area (Å²) in [5, 5.41) is 12.3. The summed E-state index contributed by atoms with van der Waals surface area (Å²) in [5.74, 6) is -0.905. The Kier molecular flexibility index (Phi) is 3.39. The maximum atomic E-state index is 11.3. The van der Waals surface area contributed by atoms with Gasteiger partial charge in [-0.3, -0.25) is 4.98 Å². The molecule has 1 N–H and O–H groups in total. The van der Waals surface area contributed by atoms with Gasteiger partial charge in [0, 0.05) is 32.5 Å². The predicted octanol–water partition coefficient (Wildman–Crippen LogP) is 5.58. The van der Waals surface area contributed by atoms with E-state index in [9.17, 15) is 9.90 Å². The SMILES string of the molecule is O=C(O)c1cc2cncc(-c3ccc(Br)c4ccccc34)c2s1. The number of carbonyl (C=O) groups is 1. The smallest absolute Gasteiger partial charge is 0.345 e. The highest BCUT2D eigenvalue weighted by molar-refractivity contribution is 9.10. The van der Waals surface area contributed by atoms with Crippen molar-refractivity contribution in [1.82, 2.24) is 4.98 Å². The van der Waals surface area contributed by atoms with E-state index in [2.05, 4.69) is 33.0 Å². The number of rotatable bonds is 2. The number of carboxylic acids is 1. The molecule has 2 aromatic carbocycles. The number of halogens is 1. The topological polar surface area (TPSA) is 50.2 Å². The molecule has 0 unspecified atom stereocenters. The first kappa shape index (κ1) is 14.4. The van der Waals surface area contributed by atoms with Gasteiger partial charge < -0.3 is 5.11 Å². The van der Waals surface area contributed by atoms with Crippen LogP contribution in [0.1, 0.15) is 9.67 Å². The Balaban J connectivity index is 2.07. The van der Waals surface area contributed by atoms with Gasteiger partial charge in [-0.25, -0.2) is 4.79 Å². The highest BCUT2D eigenvalue weighted by Crippen LogP contribution is 2.39. The lowest BCUT2D eigenvalue weighted by atomic mass is 9.99. The van der Waals surface area contributed by atoms with E-state index in [4.69, 9.17) is 0 Å². The Morgan fingerprint density at radius 1 is 1.04 bits per heavy atom. The number of hydrogen-bond donors (Lipinski definition) is 1.